The van der Waals surface area contributed by atoms with Gasteiger partial charge in [0, 0.05) is 13.1 Å². The van der Waals surface area contributed by atoms with Gasteiger partial charge in [0.15, 0.2) is 0 Å². The van der Waals surface area contributed by atoms with Gasteiger partial charge in [0.05, 0.1) is 36.6 Å². The van der Waals surface area contributed by atoms with Gasteiger partial charge in [-0.3, -0.25) is 20.0 Å². The third-order valence-corrected chi connectivity index (χ3v) is 4.45. The number of amidine groups is 2. The maximum atomic E-state index is 4.94. The van der Waals surface area contributed by atoms with Crippen molar-refractivity contribution in [1.82, 2.24) is 10.6 Å². The smallest absolute Gasteiger partial charge is 0.142 e. The Kier molecular flexibility index (Phi) is 4.85. The van der Waals surface area contributed by atoms with E-state index in [4.69, 9.17) is 9.98 Å². The van der Waals surface area contributed by atoms with E-state index in [-0.39, 0.29) is 12.1 Å². The lowest BCUT2D eigenvalue weighted by Gasteiger charge is -2.27. The van der Waals surface area contributed by atoms with Crippen molar-refractivity contribution in [2.75, 3.05) is 26.2 Å². The molecule has 0 bridgehead atoms. The molecule has 0 aromatic heterocycles. The summed E-state index contributed by atoms with van der Waals surface area (Å²) in [5.41, 5.74) is 2.05. The van der Waals surface area contributed by atoms with Gasteiger partial charge >= 0.3 is 0 Å². The van der Waals surface area contributed by atoms with E-state index in [0.717, 1.165) is 62.1 Å². The van der Waals surface area contributed by atoms with Crippen LogP contribution in [0.15, 0.2) is 20.0 Å². The molecule has 0 spiro atoms. The van der Waals surface area contributed by atoms with Gasteiger partial charge in [-0.05, 0) is 26.7 Å². The van der Waals surface area contributed by atoms with E-state index in [1.54, 1.807) is 0 Å². The van der Waals surface area contributed by atoms with Crippen LogP contribution in [0.5, 0.6) is 0 Å². The molecule has 1 aliphatic carbocycles. The van der Waals surface area contributed by atoms with Crippen LogP contribution in [0.3, 0.4) is 0 Å². The normalized spacial score (nSPS) is 29.7. The zero-order valence-corrected chi connectivity index (χ0v) is 13.6. The first kappa shape index (κ1) is 15.2. The van der Waals surface area contributed by atoms with Crippen molar-refractivity contribution in [2.45, 2.75) is 51.6 Å². The molecule has 0 amide bonds. The van der Waals surface area contributed by atoms with Crippen molar-refractivity contribution < 1.29 is 0 Å². The summed E-state index contributed by atoms with van der Waals surface area (Å²) in [5, 5.41) is 6.60. The van der Waals surface area contributed by atoms with E-state index >= 15 is 0 Å². The molecule has 0 saturated heterocycles. The van der Waals surface area contributed by atoms with Gasteiger partial charge in [-0.15, -0.1) is 0 Å². The SMILES string of the molecule is CC(=NC1CCCCC1N=C(C)C1=NCCN1)C1=NCCN1. The molecule has 1 saturated carbocycles. The number of hydrogen-bond acceptors (Lipinski definition) is 6. The first-order valence-corrected chi connectivity index (χ1v) is 8.40. The van der Waals surface area contributed by atoms with Gasteiger partial charge < -0.3 is 10.6 Å². The summed E-state index contributed by atoms with van der Waals surface area (Å²) in [6.07, 6.45) is 4.72. The molecular weight excluding hydrogens is 276 g/mol. The molecule has 6 heteroatoms. The Bertz CT molecular complexity index is 483. The lowest BCUT2D eigenvalue weighted by molar-refractivity contribution is 0.389. The summed E-state index contributed by atoms with van der Waals surface area (Å²) < 4.78 is 0. The van der Waals surface area contributed by atoms with E-state index in [2.05, 4.69) is 34.5 Å². The summed E-state index contributed by atoms with van der Waals surface area (Å²) in [6, 6.07) is 0.548. The lowest BCUT2D eigenvalue weighted by atomic mass is 9.91. The van der Waals surface area contributed by atoms with Crippen molar-refractivity contribution in [3.05, 3.63) is 0 Å². The van der Waals surface area contributed by atoms with Crippen LogP contribution in [0, 0.1) is 0 Å². The molecule has 0 radical (unpaired) electrons. The molecule has 2 N–H and O–H groups in total. The summed E-state index contributed by atoms with van der Waals surface area (Å²) in [4.78, 5) is 18.8. The van der Waals surface area contributed by atoms with Crippen molar-refractivity contribution in [1.29, 1.82) is 0 Å². The topological polar surface area (TPSA) is 73.5 Å². The number of nitrogens with zero attached hydrogens (tertiary/aromatic N) is 4. The third kappa shape index (κ3) is 3.54. The van der Waals surface area contributed by atoms with Crippen LogP contribution in [-0.4, -0.2) is 61.4 Å². The molecule has 0 aromatic rings. The predicted octanol–water partition coefficient (Wildman–Crippen LogP) is 1.22. The summed E-state index contributed by atoms with van der Waals surface area (Å²) >= 11 is 0. The second-order valence-electron chi connectivity index (χ2n) is 6.16. The predicted molar refractivity (Wildman–Crippen MR) is 92.9 cm³/mol. The van der Waals surface area contributed by atoms with Gasteiger partial charge in [0.1, 0.15) is 11.7 Å². The Hall–Kier alpha value is -1.72. The van der Waals surface area contributed by atoms with Gasteiger partial charge in [-0.25, -0.2) is 0 Å². The number of nitrogens with one attached hydrogen (secondary N) is 2. The van der Waals surface area contributed by atoms with Crippen molar-refractivity contribution >= 4 is 23.1 Å². The van der Waals surface area contributed by atoms with E-state index in [9.17, 15) is 0 Å². The Morgan fingerprint density at radius 3 is 1.68 bits per heavy atom. The minimum atomic E-state index is 0.274. The first-order chi connectivity index (χ1) is 10.7. The largest absolute Gasteiger partial charge is 0.367 e. The fourth-order valence-corrected chi connectivity index (χ4v) is 3.29. The van der Waals surface area contributed by atoms with E-state index in [1.165, 1.54) is 12.8 Å². The lowest BCUT2D eigenvalue weighted by Crippen LogP contribution is -2.33. The Morgan fingerprint density at radius 1 is 0.864 bits per heavy atom. The molecule has 120 valence electrons. The standard InChI is InChI=1S/C16H26N6/c1-11(15-17-7-8-18-15)21-13-5-3-4-6-14(13)22-12(2)16-19-9-10-20-16/h13-14H,3-10H2,1-2H3,(H,17,18)(H,19,20). The highest BCUT2D eigenvalue weighted by Gasteiger charge is 2.26. The van der Waals surface area contributed by atoms with Crippen molar-refractivity contribution in [3.63, 3.8) is 0 Å². The van der Waals surface area contributed by atoms with Gasteiger partial charge in [-0.2, -0.15) is 0 Å². The maximum absolute atomic E-state index is 4.94. The van der Waals surface area contributed by atoms with Crippen LogP contribution in [0.2, 0.25) is 0 Å². The van der Waals surface area contributed by atoms with Crippen LogP contribution in [0.25, 0.3) is 0 Å². The molecule has 1 fully saturated rings. The van der Waals surface area contributed by atoms with Crippen LogP contribution in [-0.2, 0) is 0 Å². The van der Waals surface area contributed by atoms with Gasteiger partial charge in [0.2, 0.25) is 0 Å². The number of rotatable bonds is 4. The number of hydrogen-bond donors (Lipinski definition) is 2. The first-order valence-electron chi connectivity index (χ1n) is 8.40. The summed E-state index contributed by atoms with van der Waals surface area (Å²) in [7, 11) is 0. The fourth-order valence-electron chi connectivity index (χ4n) is 3.29. The molecule has 0 aromatic carbocycles. The molecule has 2 aliphatic heterocycles. The van der Waals surface area contributed by atoms with Gasteiger partial charge in [0.25, 0.3) is 0 Å². The maximum Gasteiger partial charge on any atom is 0.142 e. The monoisotopic (exact) mass is 302 g/mol. The second-order valence-corrected chi connectivity index (χ2v) is 6.16. The molecule has 2 unspecified atom stereocenters. The molecular formula is C16H26N6. The minimum Gasteiger partial charge on any atom is -0.367 e. The summed E-state index contributed by atoms with van der Waals surface area (Å²) in [5.74, 6) is 1.93. The average molecular weight is 302 g/mol. The van der Waals surface area contributed by atoms with E-state index in [1.807, 2.05) is 0 Å². The van der Waals surface area contributed by atoms with Crippen LogP contribution < -0.4 is 10.6 Å². The molecule has 3 rings (SSSR count). The zero-order valence-electron chi connectivity index (χ0n) is 13.6. The molecule has 22 heavy (non-hydrogen) atoms. The van der Waals surface area contributed by atoms with Crippen molar-refractivity contribution in [3.8, 4) is 0 Å². The van der Waals surface area contributed by atoms with Gasteiger partial charge in [-0.1, -0.05) is 12.8 Å². The highest BCUT2D eigenvalue weighted by atomic mass is 15.1. The minimum absolute atomic E-state index is 0.274. The molecule has 2 atom stereocenters. The quantitative estimate of drug-likeness (QED) is 0.766. The second kappa shape index (κ2) is 7.03. The Morgan fingerprint density at radius 2 is 1.32 bits per heavy atom. The van der Waals surface area contributed by atoms with Crippen molar-refractivity contribution in [2.24, 2.45) is 20.0 Å². The highest BCUT2D eigenvalue weighted by Crippen LogP contribution is 2.24. The van der Waals surface area contributed by atoms with E-state index in [0.29, 0.717) is 0 Å². The Balaban J connectivity index is 1.73. The zero-order chi connectivity index (χ0) is 15.4. The fraction of sp³-hybridized carbons (Fsp3) is 0.750. The average Bonchev–Trinajstić information content (AvgIpc) is 3.23. The number of aliphatic imine (C=N–C) groups is 4. The summed E-state index contributed by atoms with van der Waals surface area (Å²) in [6.45, 7) is 7.69. The third-order valence-electron chi connectivity index (χ3n) is 4.45. The highest BCUT2D eigenvalue weighted by molar-refractivity contribution is 6.41. The van der Waals surface area contributed by atoms with Crippen LogP contribution in [0.4, 0.5) is 0 Å². The molecule has 6 nitrogen and oxygen atoms in total. The Labute approximate surface area is 132 Å². The van der Waals surface area contributed by atoms with Crippen LogP contribution >= 0.6 is 0 Å². The van der Waals surface area contributed by atoms with E-state index < -0.39 is 0 Å². The molecule has 2 heterocycles. The molecule has 3 aliphatic rings. The van der Waals surface area contributed by atoms with Crippen LogP contribution in [0.1, 0.15) is 39.5 Å².